The highest BCUT2D eigenvalue weighted by molar-refractivity contribution is 5.92. The summed E-state index contributed by atoms with van der Waals surface area (Å²) in [6, 6.07) is 0. The van der Waals surface area contributed by atoms with Gasteiger partial charge in [-0.15, -0.1) is 0 Å². The van der Waals surface area contributed by atoms with Gasteiger partial charge in [0, 0.05) is 12.7 Å². The highest BCUT2D eigenvalue weighted by atomic mass is 16.5. The molecule has 0 saturated carbocycles. The summed E-state index contributed by atoms with van der Waals surface area (Å²) < 4.78 is 4.80. The van der Waals surface area contributed by atoms with Crippen LogP contribution < -0.4 is 5.32 Å². The van der Waals surface area contributed by atoms with Crippen molar-refractivity contribution in [2.75, 3.05) is 7.11 Å². The van der Waals surface area contributed by atoms with Gasteiger partial charge in [-0.1, -0.05) is 6.58 Å². The molecule has 0 rings (SSSR count). The van der Waals surface area contributed by atoms with Crippen molar-refractivity contribution in [3.8, 4) is 0 Å². The number of ether oxygens (including phenoxy) is 1. The lowest BCUT2D eigenvalue weighted by Gasteiger charge is -2.10. The van der Waals surface area contributed by atoms with Crippen LogP contribution in [0.4, 0.5) is 0 Å². The van der Waals surface area contributed by atoms with Crippen LogP contribution in [0, 0.1) is 0 Å². The third-order valence-electron chi connectivity index (χ3n) is 1.08. The Kier molecular flexibility index (Phi) is 3.72. The van der Waals surface area contributed by atoms with E-state index in [2.05, 4.69) is 11.9 Å². The van der Waals surface area contributed by atoms with Crippen LogP contribution in [0.15, 0.2) is 12.2 Å². The summed E-state index contributed by atoms with van der Waals surface area (Å²) in [7, 11) is 1.53. The molecule has 58 valence electrons. The molecule has 0 spiro atoms. The van der Waals surface area contributed by atoms with Crippen molar-refractivity contribution in [2.24, 2.45) is 0 Å². The van der Waals surface area contributed by atoms with Crippen molar-refractivity contribution < 1.29 is 9.53 Å². The Morgan fingerprint density at radius 3 is 2.50 bits per heavy atom. The third-order valence-corrected chi connectivity index (χ3v) is 1.08. The topological polar surface area (TPSA) is 38.3 Å². The van der Waals surface area contributed by atoms with E-state index < -0.39 is 0 Å². The molecule has 0 heterocycles. The van der Waals surface area contributed by atoms with Crippen LogP contribution in [-0.4, -0.2) is 19.2 Å². The molecule has 3 heteroatoms. The predicted octanol–water partition coefficient (Wildman–Crippen LogP) is 0.671. The summed E-state index contributed by atoms with van der Waals surface area (Å²) in [5.41, 5.74) is 0.490. The number of carbonyl (C=O) groups excluding carboxylic acids is 1. The highest BCUT2D eigenvalue weighted by Gasteiger charge is 2.04. The maximum Gasteiger partial charge on any atom is 0.248 e. The second-order valence-electron chi connectivity index (χ2n) is 2.13. The van der Waals surface area contributed by atoms with E-state index in [1.54, 1.807) is 13.8 Å². The molecular formula is C7H13NO2. The normalized spacial score (nSPS) is 12.3. The molecule has 0 aromatic rings. The first-order chi connectivity index (χ1) is 4.57. The minimum atomic E-state index is -0.246. The number of amides is 1. The Hall–Kier alpha value is -0.830. The summed E-state index contributed by atoms with van der Waals surface area (Å²) in [6.45, 7) is 6.88. The van der Waals surface area contributed by atoms with Crippen LogP contribution in [0.5, 0.6) is 0 Å². The van der Waals surface area contributed by atoms with Crippen molar-refractivity contribution in [3.05, 3.63) is 12.2 Å². The van der Waals surface area contributed by atoms with E-state index in [1.807, 2.05) is 0 Å². The summed E-state index contributed by atoms with van der Waals surface area (Å²) in [6.07, 6.45) is -0.246. The van der Waals surface area contributed by atoms with Gasteiger partial charge in [0.15, 0.2) is 0 Å². The molecule has 10 heavy (non-hydrogen) atoms. The van der Waals surface area contributed by atoms with Gasteiger partial charge in [-0.25, -0.2) is 0 Å². The Morgan fingerprint density at radius 1 is 1.70 bits per heavy atom. The van der Waals surface area contributed by atoms with Gasteiger partial charge >= 0.3 is 0 Å². The van der Waals surface area contributed by atoms with E-state index in [-0.39, 0.29) is 12.1 Å². The van der Waals surface area contributed by atoms with Crippen molar-refractivity contribution in [3.63, 3.8) is 0 Å². The average molecular weight is 143 g/mol. The second kappa shape index (κ2) is 4.06. The van der Waals surface area contributed by atoms with Crippen LogP contribution in [-0.2, 0) is 9.53 Å². The molecule has 0 aromatic heterocycles. The van der Waals surface area contributed by atoms with Gasteiger partial charge in [0.1, 0.15) is 6.23 Å². The molecule has 1 amide bonds. The maximum absolute atomic E-state index is 10.8. The molecule has 0 aliphatic heterocycles. The summed E-state index contributed by atoms with van der Waals surface area (Å²) >= 11 is 0. The summed E-state index contributed by atoms with van der Waals surface area (Å²) in [5, 5.41) is 2.57. The molecule has 0 fully saturated rings. The van der Waals surface area contributed by atoms with Gasteiger partial charge in [-0.05, 0) is 13.8 Å². The van der Waals surface area contributed by atoms with Crippen LogP contribution in [0.1, 0.15) is 13.8 Å². The van der Waals surface area contributed by atoms with E-state index in [4.69, 9.17) is 4.74 Å². The molecule has 0 saturated heterocycles. The predicted molar refractivity (Wildman–Crippen MR) is 39.4 cm³/mol. The molecule has 0 aliphatic carbocycles. The molecule has 0 bridgehead atoms. The molecule has 1 N–H and O–H groups in total. The van der Waals surface area contributed by atoms with Crippen molar-refractivity contribution in [1.29, 1.82) is 0 Å². The SMILES string of the molecule is C=C(C)C(=O)NC(C)OC. The molecule has 0 aliphatic rings. The Bertz CT molecular complexity index is 143. The first kappa shape index (κ1) is 9.17. The smallest absolute Gasteiger partial charge is 0.248 e. The van der Waals surface area contributed by atoms with Crippen LogP contribution in [0.3, 0.4) is 0 Å². The zero-order chi connectivity index (χ0) is 8.15. The summed E-state index contributed by atoms with van der Waals surface area (Å²) in [5.74, 6) is -0.172. The van der Waals surface area contributed by atoms with Crippen molar-refractivity contribution >= 4 is 5.91 Å². The Labute approximate surface area is 61.1 Å². The lowest BCUT2D eigenvalue weighted by atomic mass is 10.3. The number of methoxy groups -OCH3 is 1. The van der Waals surface area contributed by atoms with Gasteiger partial charge in [0.25, 0.3) is 0 Å². The number of hydrogen-bond donors (Lipinski definition) is 1. The van der Waals surface area contributed by atoms with E-state index >= 15 is 0 Å². The lowest BCUT2D eigenvalue weighted by Crippen LogP contribution is -2.33. The van der Waals surface area contributed by atoms with Crippen LogP contribution in [0.2, 0.25) is 0 Å². The minimum Gasteiger partial charge on any atom is -0.362 e. The van der Waals surface area contributed by atoms with E-state index in [9.17, 15) is 4.79 Å². The monoisotopic (exact) mass is 143 g/mol. The molecule has 1 atom stereocenters. The lowest BCUT2D eigenvalue weighted by molar-refractivity contribution is -0.120. The van der Waals surface area contributed by atoms with Gasteiger partial charge in [0.2, 0.25) is 5.91 Å². The second-order valence-corrected chi connectivity index (χ2v) is 2.13. The van der Waals surface area contributed by atoms with Gasteiger partial charge in [0.05, 0.1) is 0 Å². The zero-order valence-corrected chi connectivity index (χ0v) is 6.60. The van der Waals surface area contributed by atoms with Crippen molar-refractivity contribution in [1.82, 2.24) is 5.32 Å². The van der Waals surface area contributed by atoms with E-state index in [1.165, 1.54) is 7.11 Å². The quantitative estimate of drug-likeness (QED) is 0.466. The minimum absolute atomic E-state index is 0.172. The van der Waals surface area contributed by atoms with E-state index in [0.29, 0.717) is 5.57 Å². The van der Waals surface area contributed by atoms with E-state index in [0.717, 1.165) is 0 Å². The Balaban J connectivity index is 3.68. The fourth-order valence-corrected chi connectivity index (χ4v) is 0.367. The van der Waals surface area contributed by atoms with Crippen LogP contribution in [0.25, 0.3) is 0 Å². The van der Waals surface area contributed by atoms with Gasteiger partial charge in [-0.3, -0.25) is 4.79 Å². The van der Waals surface area contributed by atoms with Gasteiger partial charge in [-0.2, -0.15) is 0 Å². The third kappa shape index (κ3) is 3.25. The molecule has 0 aromatic carbocycles. The molecule has 3 nitrogen and oxygen atoms in total. The number of hydrogen-bond acceptors (Lipinski definition) is 2. The average Bonchev–Trinajstić information content (AvgIpc) is 1.87. The fraction of sp³-hybridized carbons (Fsp3) is 0.571. The zero-order valence-electron chi connectivity index (χ0n) is 6.60. The number of rotatable bonds is 3. The fourth-order valence-electron chi connectivity index (χ4n) is 0.367. The largest absolute Gasteiger partial charge is 0.362 e. The number of carbonyl (C=O) groups is 1. The Morgan fingerprint density at radius 2 is 2.20 bits per heavy atom. The highest BCUT2D eigenvalue weighted by Crippen LogP contribution is 1.88. The molecular weight excluding hydrogens is 130 g/mol. The molecule has 1 unspecified atom stereocenters. The van der Waals surface area contributed by atoms with Crippen LogP contribution >= 0.6 is 0 Å². The van der Waals surface area contributed by atoms with Crippen molar-refractivity contribution in [2.45, 2.75) is 20.1 Å². The standard InChI is InChI=1S/C7H13NO2/c1-5(2)7(9)8-6(3)10-4/h6H,1H2,2-4H3,(H,8,9). The number of nitrogens with one attached hydrogen (secondary N) is 1. The maximum atomic E-state index is 10.8. The van der Waals surface area contributed by atoms with Gasteiger partial charge < -0.3 is 10.1 Å². The first-order valence-corrected chi connectivity index (χ1v) is 3.07. The molecule has 0 radical (unpaired) electrons. The summed E-state index contributed by atoms with van der Waals surface area (Å²) in [4.78, 5) is 10.8. The first-order valence-electron chi connectivity index (χ1n) is 3.07.